The first-order valence-corrected chi connectivity index (χ1v) is 6.89. The average Bonchev–Trinajstić information content (AvgIpc) is 2.98. The van der Waals surface area contributed by atoms with Crippen LogP contribution >= 0.6 is 27.3 Å². The molecule has 5 heteroatoms. The molecule has 0 bridgehead atoms. The van der Waals surface area contributed by atoms with Crippen LogP contribution in [0.2, 0.25) is 0 Å². The summed E-state index contributed by atoms with van der Waals surface area (Å²) in [5, 5.41) is 6.93. The third-order valence-electron chi connectivity index (χ3n) is 2.51. The summed E-state index contributed by atoms with van der Waals surface area (Å²) in [6, 6.07) is 10.2. The third-order valence-corrected chi connectivity index (χ3v) is 3.88. The highest BCUT2D eigenvalue weighted by atomic mass is 79.9. The fourth-order valence-corrected chi connectivity index (χ4v) is 2.90. The minimum Gasteiger partial charge on any atom is -0.385 e. The first-order valence-electron chi connectivity index (χ1n) is 5.22. The summed E-state index contributed by atoms with van der Waals surface area (Å²) in [4.78, 5) is 9.88. The molecule has 1 aliphatic rings. The molecule has 0 radical (unpaired) electrons. The van der Waals surface area contributed by atoms with Crippen LogP contribution < -0.4 is 0 Å². The van der Waals surface area contributed by atoms with Gasteiger partial charge in [0.05, 0.1) is 5.69 Å². The maximum atomic E-state index is 5.29. The standard InChI is InChI=1S/C12H9BrN2OS/c13-11-6-10(16-15-11)9-7-17-12(14-9)8-4-2-1-3-5-8/h1-5,7,10H,6H2/t10-/m0/s1. The summed E-state index contributed by atoms with van der Waals surface area (Å²) in [6.07, 6.45) is 0.718. The summed E-state index contributed by atoms with van der Waals surface area (Å²) >= 11 is 4.96. The van der Waals surface area contributed by atoms with Gasteiger partial charge < -0.3 is 4.84 Å². The van der Waals surface area contributed by atoms with Crippen molar-refractivity contribution >= 4 is 31.9 Å². The van der Waals surface area contributed by atoms with Gasteiger partial charge in [-0.05, 0) is 15.9 Å². The Hall–Kier alpha value is -1.20. The van der Waals surface area contributed by atoms with E-state index >= 15 is 0 Å². The van der Waals surface area contributed by atoms with E-state index in [4.69, 9.17) is 4.84 Å². The molecule has 1 aromatic heterocycles. The van der Waals surface area contributed by atoms with Crippen LogP contribution in [0.5, 0.6) is 0 Å². The number of oxime groups is 1. The van der Waals surface area contributed by atoms with E-state index in [0.717, 1.165) is 27.3 Å². The van der Waals surface area contributed by atoms with E-state index in [2.05, 4.69) is 38.2 Å². The molecule has 0 N–H and O–H groups in total. The van der Waals surface area contributed by atoms with E-state index in [1.165, 1.54) is 0 Å². The Kier molecular flexibility index (Phi) is 2.94. The molecule has 0 saturated heterocycles. The highest BCUT2D eigenvalue weighted by Gasteiger charge is 2.23. The molecule has 86 valence electrons. The van der Waals surface area contributed by atoms with Gasteiger partial charge in [-0.1, -0.05) is 35.5 Å². The average molecular weight is 309 g/mol. The first-order chi connectivity index (χ1) is 8.33. The molecule has 1 atom stereocenters. The molecule has 1 aliphatic heterocycles. The number of hydrogen-bond donors (Lipinski definition) is 0. The Morgan fingerprint density at radius 2 is 2.12 bits per heavy atom. The van der Waals surface area contributed by atoms with E-state index in [0.29, 0.717) is 0 Å². The van der Waals surface area contributed by atoms with Crippen LogP contribution in [0.4, 0.5) is 0 Å². The van der Waals surface area contributed by atoms with Gasteiger partial charge in [-0.15, -0.1) is 11.3 Å². The predicted molar refractivity (Wildman–Crippen MR) is 72.4 cm³/mol. The number of rotatable bonds is 2. The highest BCUT2D eigenvalue weighted by Crippen LogP contribution is 2.32. The largest absolute Gasteiger partial charge is 0.385 e. The summed E-state index contributed by atoms with van der Waals surface area (Å²) < 4.78 is 0.844. The van der Waals surface area contributed by atoms with Crippen LogP contribution in [0.25, 0.3) is 10.6 Å². The van der Waals surface area contributed by atoms with E-state index in [-0.39, 0.29) is 6.10 Å². The maximum absolute atomic E-state index is 5.29. The molecule has 0 spiro atoms. The smallest absolute Gasteiger partial charge is 0.176 e. The lowest BCUT2D eigenvalue weighted by Crippen LogP contribution is -1.97. The van der Waals surface area contributed by atoms with Gasteiger partial charge in [0, 0.05) is 17.4 Å². The van der Waals surface area contributed by atoms with Crippen molar-refractivity contribution in [2.24, 2.45) is 5.16 Å². The minimum absolute atomic E-state index is 0.0434. The Bertz CT molecular complexity index is 553. The summed E-state index contributed by atoms with van der Waals surface area (Å²) in [6.45, 7) is 0. The van der Waals surface area contributed by atoms with Crippen LogP contribution in [0.15, 0.2) is 40.9 Å². The van der Waals surface area contributed by atoms with Crippen molar-refractivity contribution in [2.45, 2.75) is 12.5 Å². The SMILES string of the molecule is BrC1=NO[C@H](c2csc(-c3ccccc3)n2)C1. The zero-order valence-corrected chi connectivity index (χ0v) is 11.2. The number of nitrogens with zero attached hydrogens (tertiary/aromatic N) is 2. The molecule has 0 fully saturated rings. The Morgan fingerprint density at radius 3 is 2.82 bits per heavy atom. The molecule has 1 aromatic carbocycles. The van der Waals surface area contributed by atoms with Crippen molar-refractivity contribution in [3.63, 3.8) is 0 Å². The van der Waals surface area contributed by atoms with Gasteiger partial charge in [0.15, 0.2) is 6.10 Å². The van der Waals surface area contributed by atoms with Crippen molar-refractivity contribution in [1.29, 1.82) is 0 Å². The van der Waals surface area contributed by atoms with Crippen molar-refractivity contribution in [2.75, 3.05) is 0 Å². The minimum atomic E-state index is -0.0434. The Labute approximate surface area is 111 Å². The lowest BCUT2D eigenvalue weighted by atomic mass is 10.2. The molecule has 2 aromatic rings. The predicted octanol–water partition coefficient (Wildman–Crippen LogP) is 3.98. The lowest BCUT2D eigenvalue weighted by Gasteiger charge is -2.02. The van der Waals surface area contributed by atoms with E-state index in [1.807, 2.05) is 23.6 Å². The molecule has 2 heterocycles. The van der Waals surface area contributed by atoms with E-state index in [9.17, 15) is 0 Å². The number of thiazole rings is 1. The maximum Gasteiger partial charge on any atom is 0.176 e. The summed E-state index contributed by atoms with van der Waals surface area (Å²) in [5.74, 6) is 0. The second kappa shape index (κ2) is 4.58. The van der Waals surface area contributed by atoms with Crippen molar-refractivity contribution < 1.29 is 4.84 Å². The number of benzene rings is 1. The molecule has 3 rings (SSSR count). The second-order valence-corrected chi connectivity index (χ2v) is 5.48. The second-order valence-electron chi connectivity index (χ2n) is 3.71. The quantitative estimate of drug-likeness (QED) is 0.841. The van der Waals surface area contributed by atoms with Crippen LogP contribution in [-0.2, 0) is 4.84 Å². The van der Waals surface area contributed by atoms with Crippen LogP contribution in [0.3, 0.4) is 0 Å². The van der Waals surface area contributed by atoms with Gasteiger partial charge >= 0.3 is 0 Å². The fourth-order valence-electron chi connectivity index (χ4n) is 1.65. The molecular weight excluding hydrogens is 300 g/mol. The normalized spacial score (nSPS) is 18.9. The van der Waals surface area contributed by atoms with Gasteiger partial charge in [0.25, 0.3) is 0 Å². The van der Waals surface area contributed by atoms with E-state index < -0.39 is 0 Å². The van der Waals surface area contributed by atoms with Crippen LogP contribution in [-0.4, -0.2) is 9.60 Å². The molecule has 17 heavy (non-hydrogen) atoms. The molecular formula is C12H9BrN2OS. The van der Waals surface area contributed by atoms with Crippen molar-refractivity contribution in [3.05, 3.63) is 41.4 Å². The monoisotopic (exact) mass is 308 g/mol. The third kappa shape index (κ3) is 2.25. The zero-order valence-electron chi connectivity index (χ0n) is 8.84. The molecule has 0 amide bonds. The highest BCUT2D eigenvalue weighted by molar-refractivity contribution is 9.18. The molecule has 0 aliphatic carbocycles. The van der Waals surface area contributed by atoms with Gasteiger partial charge in [0.2, 0.25) is 0 Å². The number of halogens is 1. The molecule has 3 nitrogen and oxygen atoms in total. The van der Waals surface area contributed by atoms with Crippen LogP contribution in [0.1, 0.15) is 18.2 Å². The Balaban J connectivity index is 1.84. The van der Waals surface area contributed by atoms with Gasteiger partial charge in [0.1, 0.15) is 9.63 Å². The van der Waals surface area contributed by atoms with Crippen LogP contribution in [0, 0.1) is 0 Å². The number of hydrogen-bond acceptors (Lipinski definition) is 4. The summed E-state index contributed by atoms with van der Waals surface area (Å²) in [5.41, 5.74) is 2.09. The fraction of sp³-hybridized carbons (Fsp3) is 0.167. The topological polar surface area (TPSA) is 34.5 Å². The molecule has 0 saturated carbocycles. The summed E-state index contributed by atoms with van der Waals surface area (Å²) in [7, 11) is 0. The van der Waals surface area contributed by atoms with Gasteiger partial charge in [-0.3, -0.25) is 0 Å². The van der Waals surface area contributed by atoms with E-state index in [1.54, 1.807) is 11.3 Å². The van der Waals surface area contributed by atoms with Crippen molar-refractivity contribution in [1.82, 2.24) is 4.98 Å². The Morgan fingerprint density at radius 1 is 1.29 bits per heavy atom. The van der Waals surface area contributed by atoms with Crippen molar-refractivity contribution in [3.8, 4) is 10.6 Å². The van der Waals surface area contributed by atoms with Gasteiger partial charge in [-0.2, -0.15) is 0 Å². The zero-order chi connectivity index (χ0) is 11.7. The first kappa shape index (κ1) is 10.9. The van der Waals surface area contributed by atoms with Gasteiger partial charge in [-0.25, -0.2) is 4.98 Å². The lowest BCUT2D eigenvalue weighted by molar-refractivity contribution is 0.0831. The number of aromatic nitrogens is 1. The molecule has 0 unspecified atom stereocenters.